The second kappa shape index (κ2) is 9.52. The van der Waals surface area contributed by atoms with E-state index < -0.39 is 29.6 Å². The second-order valence-corrected chi connectivity index (χ2v) is 7.01. The third-order valence-corrected chi connectivity index (χ3v) is 5.05. The van der Waals surface area contributed by atoms with Gasteiger partial charge < -0.3 is 19.7 Å². The summed E-state index contributed by atoms with van der Waals surface area (Å²) in [6, 6.07) is 10.8. The highest BCUT2D eigenvalue weighted by atomic mass is 32.1. The fraction of sp³-hybridized carbons (Fsp3) is 0.238. The number of amides is 2. The van der Waals surface area contributed by atoms with Crippen LogP contribution >= 0.6 is 12.2 Å². The second-order valence-electron chi connectivity index (χ2n) is 6.63. The fourth-order valence-electron chi connectivity index (χ4n) is 3.12. The molecule has 31 heavy (non-hydrogen) atoms. The number of benzene rings is 2. The predicted octanol–water partition coefficient (Wildman–Crippen LogP) is 2.34. The Morgan fingerprint density at radius 3 is 2.39 bits per heavy atom. The van der Waals surface area contributed by atoms with E-state index in [9.17, 15) is 18.8 Å². The Morgan fingerprint density at radius 2 is 1.81 bits per heavy atom. The SMILES string of the molecule is COC(=O)CN(C(=S)Nc1ccc(OC)cc1)C1CC(=O)N(c2ccc(F)cc2)C1=O. The van der Waals surface area contributed by atoms with Gasteiger partial charge in [-0.1, -0.05) is 0 Å². The van der Waals surface area contributed by atoms with Crippen LogP contribution in [0.15, 0.2) is 48.5 Å². The van der Waals surface area contributed by atoms with Crippen LogP contribution in [0.3, 0.4) is 0 Å². The molecule has 2 amide bonds. The van der Waals surface area contributed by atoms with Gasteiger partial charge in [-0.25, -0.2) is 9.29 Å². The number of hydrogen-bond acceptors (Lipinski definition) is 6. The molecule has 0 spiro atoms. The van der Waals surface area contributed by atoms with Crippen molar-refractivity contribution in [2.24, 2.45) is 0 Å². The molecule has 2 aromatic carbocycles. The minimum atomic E-state index is -1.02. The molecular weight excluding hydrogens is 425 g/mol. The third kappa shape index (κ3) is 4.97. The summed E-state index contributed by atoms with van der Waals surface area (Å²) >= 11 is 5.43. The van der Waals surface area contributed by atoms with Crippen LogP contribution in [0.5, 0.6) is 5.75 Å². The number of esters is 1. The largest absolute Gasteiger partial charge is 0.497 e. The number of nitrogens with zero attached hydrogens (tertiary/aromatic N) is 2. The molecule has 8 nitrogen and oxygen atoms in total. The highest BCUT2D eigenvalue weighted by Crippen LogP contribution is 2.27. The van der Waals surface area contributed by atoms with E-state index in [2.05, 4.69) is 5.32 Å². The summed E-state index contributed by atoms with van der Waals surface area (Å²) in [5, 5.41) is 3.03. The maximum atomic E-state index is 13.2. The van der Waals surface area contributed by atoms with Crippen LogP contribution in [-0.2, 0) is 19.1 Å². The zero-order chi connectivity index (χ0) is 22.5. The summed E-state index contributed by atoms with van der Waals surface area (Å²) in [6.07, 6.45) is -0.197. The molecule has 10 heteroatoms. The van der Waals surface area contributed by atoms with E-state index in [1.807, 2.05) is 0 Å². The van der Waals surface area contributed by atoms with E-state index in [0.29, 0.717) is 11.4 Å². The Hall–Kier alpha value is -3.53. The number of imide groups is 1. The van der Waals surface area contributed by atoms with Crippen molar-refractivity contribution < 1.29 is 28.2 Å². The molecule has 1 heterocycles. The quantitative estimate of drug-likeness (QED) is 0.412. The van der Waals surface area contributed by atoms with Crippen LogP contribution in [0.4, 0.5) is 15.8 Å². The lowest BCUT2D eigenvalue weighted by Crippen LogP contribution is -2.49. The van der Waals surface area contributed by atoms with Crippen LogP contribution in [0.25, 0.3) is 0 Å². The van der Waals surface area contributed by atoms with Crippen molar-refractivity contribution in [1.29, 1.82) is 0 Å². The first kappa shape index (κ1) is 22.2. The molecule has 1 N–H and O–H groups in total. The topological polar surface area (TPSA) is 88.2 Å². The number of carbonyl (C=O) groups is 3. The van der Waals surface area contributed by atoms with Crippen LogP contribution < -0.4 is 15.0 Å². The maximum absolute atomic E-state index is 13.2. The number of anilines is 2. The normalized spacial score (nSPS) is 15.6. The smallest absolute Gasteiger partial charge is 0.325 e. The minimum absolute atomic E-state index is 0.0719. The van der Waals surface area contributed by atoms with Crippen molar-refractivity contribution in [3.63, 3.8) is 0 Å². The molecule has 1 saturated heterocycles. The van der Waals surface area contributed by atoms with Crippen molar-refractivity contribution in [3.05, 3.63) is 54.3 Å². The van der Waals surface area contributed by atoms with Gasteiger partial charge in [-0.15, -0.1) is 0 Å². The summed E-state index contributed by atoms with van der Waals surface area (Å²) in [7, 11) is 2.76. The van der Waals surface area contributed by atoms with E-state index in [1.54, 1.807) is 31.4 Å². The molecule has 3 rings (SSSR count). The molecular formula is C21H20FN3O5S. The van der Waals surface area contributed by atoms with Crippen molar-refractivity contribution in [1.82, 2.24) is 4.90 Å². The van der Waals surface area contributed by atoms with Gasteiger partial charge in [0, 0.05) is 5.69 Å². The van der Waals surface area contributed by atoms with E-state index >= 15 is 0 Å². The summed E-state index contributed by atoms with van der Waals surface area (Å²) < 4.78 is 23.1. The van der Waals surface area contributed by atoms with Gasteiger partial charge >= 0.3 is 5.97 Å². The molecule has 162 valence electrons. The Morgan fingerprint density at radius 1 is 1.16 bits per heavy atom. The van der Waals surface area contributed by atoms with Crippen molar-refractivity contribution in [2.75, 3.05) is 31.0 Å². The minimum Gasteiger partial charge on any atom is -0.497 e. The van der Waals surface area contributed by atoms with Crippen LogP contribution in [-0.4, -0.2) is 54.6 Å². The summed E-state index contributed by atoms with van der Waals surface area (Å²) in [5.74, 6) is -1.52. The van der Waals surface area contributed by atoms with Gasteiger partial charge in [0.2, 0.25) is 5.91 Å². The van der Waals surface area contributed by atoms with E-state index in [-0.39, 0.29) is 23.8 Å². The molecule has 0 aromatic heterocycles. The van der Waals surface area contributed by atoms with Crippen molar-refractivity contribution >= 4 is 46.5 Å². The Labute approximate surface area is 183 Å². The molecule has 0 saturated carbocycles. The first-order chi connectivity index (χ1) is 14.8. The molecule has 2 aromatic rings. The molecule has 0 radical (unpaired) electrons. The lowest BCUT2D eigenvalue weighted by Gasteiger charge is -2.29. The van der Waals surface area contributed by atoms with Crippen LogP contribution in [0, 0.1) is 5.82 Å². The first-order valence-corrected chi connectivity index (χ1v) is 9.65. The molecule has 1 fully saturated rings. The van der Waals surface area contributed by atoms with E-state index in [1.165, 1.54) is 24.1 Å². The zero-order valence-corrected chi connectivity index (χ0v) is 17.6. The van der Waals surface area contributed by atoms with Gasteiger partial charge in [0.1, 0.15) is 24.2 Å². The van der Waals surface area contributed by atoms with E-state index in [0.717, 1.165) is 17.0 Å². The number of hydrogen-bond donors (Lipinski definition) is 1. The van der Waals surface area contributed by atoms with Crippen LogP contribution in [0.1, 0.15) is 6.42 Å². The number of halogens is 1. The number of rotatable bonds is 6. The molecule has 1 aliphatic rings. The predicted molar refractivity (Wildman–Crippen MR) is 115 cm³/mol. The lowest BCUT2D eigenvalue weighted by atomic mass is 10.2. The Balaban J connectivity index is 1.84. The maximum Gasteiger partial charge on any atom is 0.325 e. The number of methoxy groups -OCH3 is 2. The number of nitrogens with one attached hydrogen (secondary N) is 1. The van der Waals surface area contributed by atoms with Gasteiger partial charge in [-0.05, 0) is 60.7 Å². The van der Waals surface area contributed by atoms with Crippen molar-refractivity contribution in [2.45, 2.75) is 12.5 Å². The average Bonchev–Trinajstić information content (AvgIpc) is 3.06. The van der Waals surface area contributed by atoms with E-state index in [4.69, 9.17) is 21.7 Å². The molecule has 1 aliphatic heterocycles. The lowest BCUT2D eigenvalue weighted by molar-refractivity contribution is -0.141. The highest BCUT2D eigenvalue weighted by molar-refractivity contribution is 7.80. The van der Waals surface area contributed by atoms with Gasteiger partial charge in [-0.3, -0.25) is 14.4 Å². The third-order valence-electron chi connectivity index (χ3n) is 4.71. The van der Waals surface area contributed by atoms with Gasteiger partial charge in [-0.2, -0.15) is 0 Å². The monoisotopic (exact) mass is 445 g/mol. The number of carbonyl (C=O) groups excluding carboxylic acids is 3. The standard InChI is InChI=1S/C21H20FN3O5S/c1-29-16-9-5-14(6-10-16)23-21(31)24(12-19(27)30-2)17-11-18(26)25(20(17)28)15-7-3-13(22)4-8-15/h3-10,17H,11-12H2,1-2H3,(H,23,31). The molecule has 0 bridgehead atoms. The number of thiocarbonyl (C=S) groups is 1. The Bertz CT molecular complexity index is 997. The van der Waals surface area contributed by atoms with Gasteiger partial charge in [0.05, 0.1) is 26.3 Å². The highest BCUT2D eigenvalue weighted by Gasteiger charge is 2.44. The summed E-state index contributed by atoms with van der Waals surface area (Å²) in [5.41, 5.74) is 0.846. The average molecular weight is 445 g/mol. The zero-order valence-electron chi connectivity index (χ0n) is 16.8. The molecule has 1 atom stereocenters. The fourth-order valence-corrected chi connectivity index (χ4v) is 3.43. The van der Waals surface area contributed by atoms with Gasteiger partial charge in [0.25, 0.3) is 5.91 Å². The summed E-state index contributed by atoms with van der Waals surface area (Å²) in [4.78, 5) is 39.9. The Kier molecular flexibility index (Phi) is 6.81. The van der Waals surface area contributed by atoms with Crippen LogP contribution in [0.2, 0.25) is 0 Å². The number of ether oxygens (including phenoxy) is 2. The first-order valence-electron chi connectivity index (χ1n) is 9.25. The molecule has 0 aliphatic carbocycles. The van der Waals surface area contributed by atoms with Gasteiger partial charge in [0.15, 0.2) is 5.11 Å². The molecule has 1 unspecified atom stereocenters. The summed E-state index contributed by atoms with van der Waals surface area (Å²) in [6.45, 7) is -0.334. The van der Waals surface area contributed by atoms with Crippen molar-refractivity contribution in [3.8, 4) is 5.75 Å².